The number of piperidine rings is 1. The first-order valence-electron chi connectivity index (χ1n) is 11.5. The molecule has 1 amide bonds. The van der Waals surface area contributed by atoms with Crippen LogP contribution in [0.2, 0.25) is 0 Å². The lowest BCUT2D eigenvalue weighted by atomic mass is 9.49. The number of ketones is 1. The highest BCUT2D eigenvalue weighted by Gasteiger charge is 2.98. The summed E-state index contributed by atoms with van der Waals surface area (Å²) < 4.78 is 17.5. The Bertz CT molecular complexity index is 1140. The van der Waals surface area contributed by atoms with E-state index in [1.54, 1.807) is 25.8 Å². The molecule has 1 aromatic rings. The molecule has 5 atom stereocenters. The van der Waals surface area contributed by atoms with E-state index in [0.29, 0.717) is 13.0 Å². The van der Waals surface area contributed by atoms with Crippen LogP contribution < -0.4 is 4.90 Å². The fraction of sp³-hybridized carbons (Fsp3) is 0.583. The largest absolute Gasteiger partial charge is 0.465 e. The monoisotopic (exact) mass is 454 g/mol. The molecule has 174 valence electrons. The number of esters is 2. The highest BCUT2D eigenvalue weighted by Crippen LogP contribution is 2.77. The number of amides is 1. The van der Waals surface area contributed by atoms with E-state index in [2.05, 4.69) is 0 Å². The molecule has 0 N–H and O–H groups in total. The van der Waals surface area contributed by atoms with Crippen LogP contribution >= 0.6 is 0 Å². The Morgan fingerprint density at radius 2 is 1.82 bits per heavy atom. The minimum absolute atomic E-state index is 0.0363. The van der Waals surface area contributed by atoms with Crippen molar-refractivity contribution in [3.63, 3.8) is 0 Å². The average molecular weight is 454 g/mol. The van der Waals surface area contributed by atoms with Gasteiger partial charge in [-0.3, -0.25) is 14.4 Å². The van der Waals surface area contributed by atoms with E-state index < -0.39 is 45.9 Å². The number of carbonyl (C=O) groups excluding carboxylic acids is 4. The number of hydrogen-bond donors (Lipinski definition) is 0. The van der Waals surface area contributed by atoms with Crippen LogP contribution in [-0.4, -0.2) is 72.7 Å². The smallest absolute Gasteiger partial charge is 0.348 e. The third kappa shape index (κ3) is 1.76. The first-order valence-corrected chi connectivity index (χ1v) is 11.5. The van der Waals surface area contributed by atoms with Crippen molar-refractivity contribution in [1.29, 1.82) is 0 Å². The zero-order chi connectivity index (χ0) is 23.4. The second-order valence-electron chi connectivity index (χ2n) is 9.48. The van der Waals surface area contributed by atoms with Crippen molar-refractivity contribution in [2.75, 3.05) is 31.7 Å². The molecule has 5 heterocycles. The van der Waals surface area contributed by atoms with Gasteiger partial charge in [0, 0.05) is 25.7 Å². The average Bonchev–Trinajstić information content (AvgIpc) is 3.40. The Labute approximate surface area is 190 Å². The van der Waals surface area contributed by atoms with Gasteiger partial charge in [0.15, 0.2) is 11.1 Å². The summed E-state index contributed by atoms with van der Waals surface area (Å²) in [5.41, 5.74) is -4.95. The Hall–Kier alpha value is -2.94. The molecule has 0 unspecified atom stereocenters. The molecule has 9 nitrogen and oxygen atoms in total. The number of likely N-dealkylation sites (N-methyl/N-ethyl adjacent to an activating group) is 1. The fourth-order valence-electron chi connectivity index (χ4n) is 7.74. The molecule has 4 saturated heterocycles. The van der Waals surface area contributed by atoms with Gasteiger partial charge in [-0.25, -0.2) is 4.79 Å². The van der Waals surface area contributed by atoms with Gasteiger partial charge in [0.05, 0.1) is 24.7 Å². The molecule has 5 aliphatic rings. The van der Waals surface area contributed by atoms with Crippen LogP contribution in [-0.2, 0) is 38.8 Å². The van der Waals surface area contributed by atoms with Crippen LogP contribution in [0, 0.1) is 5.41 Å². The molecule has 0 saturated carbocycles. The maximum atomic E-state index is 14.4. The summed E-state index contributed by atoms with van der Waals surface area (Å²) in [6.45, 7) is 3.79. The maximum absolute atomic E-state index is 14.4. The highest BCUT2D eigenvalue weighted by atomic mass is 16.6. The van der Waals surface area contributed by atoms with Gasteiger partial charge in [0.1, 0.15) is 0 Å². The standard InChI is InChI=1S/C24H26N2O7/c1-4-31-19(29)21-11-8-12-26-16(27)13-22-14-9-6-7-10-15(14)25(3)17(22)23(18(21)28,20(30)32-5-2)33-24(21,22)26/h6-7,9-10,17H,4-5,8,11-13H2,1-3H3/t17-,21+,22+,23+,24+/m1/s1. The van der Waals surface area contributed by atoms with Gasteiger partial charge in [-0.1, -0.05) is 18.2 Å². The Balaban J connectivity index is 1.74. The van der Waals surface area contributed by atoms with Gasteiger partial charge in [-0.05, 0) is 38.3 Å². The lowest BCUT2D eigenvalue weighted by Gasteiger charge is -2.54. The number of hydrogen-bond acceptors (Lipinski definition) is 8. The van der Waals surface area contributed by atoms with Crippen LogP contribution in [0.5, 0.6) is 0 Å². The zero-order valence-electron chi connectivity index (χ0n) is 18.9. The summed E-state index contributed by atoms with van der Waals surface area (Å²) >= 11 is 0. The van der Waals surface area contributed by atoms with Crippen molar-refractivity contribution in [1.82, 2.24) is 4.90 Å². The molecule has 2 bridgehead atoms. The van der Waals surface area contributed by atoms with Gasteiger partial charge in [-0.2, -0.15) is 0 Å². The molecular formula is C24H26N2O7. The molecule has 0 radical (unpaired) electrons. The number of rotatable bonds is 4. The predicted molar refractivity (Wildman–Crippen MR) is 113 cm³/mol. The minimum Gasteiger partial charge on any atom is -0.465 e. The summed E-state index contributed by atoms with van der Waals surface area (Å²) in [4.78, 5) is 58.7. The van der Waals surface area contributed by atoms with Crippen LogP contribution in [0.1, 0.15) is 38.7 Å². The van der Waals surface area contributed by atoms with E-state index in [0.717, 1.165) is 11.3 Å². The summed E-state index contributed by atoms with van der Waals surface area (Å²) in [6.07, 6.45) is 0.614. The van der Waals surface area contributed by atoms with Crippen molar-refractivity contribution in [2.45, 2.75) is 55.9 Å². The molecular weight excluding hydrogens is 428 g/mol. The lowest BCUT2D eigenvalue weighted by Crippen LogP contribution is -2.76. The Morgan fingerprint density at radius 3 is 2.55 bits per heavy atom. The van der Waals surface area contributed by atoms with Crippen LogP contribution in [0.3, 0.4) is 0 Å². The van der Waals surface area contributed by atoms with Crippen molar-refractivity contribution >= 4 is 29.3 Å². The number of benzene rings is 1. The zero-order valence-corrected chi connectivity index (χ0v) is 18.9. The molecule has 0 aromatic heterocycles. The number of carbonyl (C=O) groups is 4. The number of nitrogens with zero attached hydrogens (tertiary/aromatic N) is 2. The van der Waals surface area contributed by atoms with E-state index in [-0.39, 0.29) is 32.0 Å². The SMILES string of the molecule is CCOC(=O)[C@@]12O[C@@]34N(CCC[C@@]3(C(=O)OCC)C1=O)C(=O)C[C@@]41c3ccccc3N(C)[C@@H]21. The van der Waals surface area contributed by atoms with Gasteiger partial charge in [0.2, 0.25) is 17.3 Å². The van der Waals surface area contributed by atoms with Crippen LogP contribution in [0.15, 0.2) is 24.3 Å². The molecule has 33 heavy (non-hydrogen) atoms. The lowest BCUT2D eigenvalue weighted by molar-refractivity contribution is -0.219. The number of Topliss-reactive ketones (excluding diaryl/α,β-unsaturated/α-hetero) is 1. The molecule has 0 aliphatic carbocycles. The third-order valence-corrected chi connectivity index (χ3v) is 8.47. The van der Waals surface area contributed by atoms with E-state index in [1.165, 1.54) is 0 Å². The van der Waals surface area contributed by atoms with Gasteiger partial charge >= 0.3 is 11.9 Å². The van der Waals surface area contributed by atoms with Crippen molar-refractivity contribution < 1.29 is 33.4 Å². The normalized spacial score (nSPS) is 39.4. The molecule has 2 spiro atoms. The topological polar surface area (TPSA) is 102 Å². The van der Waals surface area contributed by atoms with Gasteiger partial charge < -0.3 is 24.0 Å². The molecule has 6 rings (SSSR count). The molecule has 1 aromatic carbocycles. The van der Waals surface area contributed by atoms with E-state index in [1.807, 2.05) is 29.2 Å². The summed E-state index contributed by atoms with van der Waals surface area (Å²) in [5.74, 6) is -2.38. The third-order valence-electron chi connectivity index (χ3n) is 8.47. The van der Waals surface area contributed by atoms with Crippen molar-refractivity contribution in [3.8, 4) is 0 Å². The molecule has 5 aliphatic heterocycles. The summed E-state index contributed by atoms with van der Waals surface area (Å²) in [6, 6.07) is 6.75. The van der Waals surface area contributed by atoms with Crippen LogP contribution in [0.25, 0.3) is 0 Å². The minimum atomic E-state index is -2.04. The first kappa shape index (κ1) is 20.7. The van der Waals surface area contributed by atoms with E-state index in [9.17, 15) is 19.2 Å². The highest BCUT2D eigenvalue weighted by molar-refractivity contribution is 6.24. The van der Waals surface area contributed by atoms with E-state index >= 15 is 0 Å². The summed E-state index contributed by atoms with van der Waals surface area (Å²) in [7, 11) is 1.80. The second-order valence-corrected chi connectivity index (χ2v) is 9.48. The molecule has 9 heteroatoms. The fourth-order valence-corrected chi connectivity index (χ4v) is 7.74. The number of ether oxygens (including phenoxy) is 3. The quantitative estimate of drug-likeness (QED) is 0.489. The second kappa shape index (κ2) is 6.14. The Morgan fingerprint density at radius 1 is 1.12 bits per heavy atom. The number of anilines is 1. The predicted octanol–water partition coefficient (Wildman–Crippen LogP) is 0.930. The Kier molecular flexibility index (Phi) is 3.84. The van der Waals surface area contributed by atoms with Crippen molar-refractivity contribution in [3.05, 3.63) is 29.8 Å². The maximum Gasteiger partial charge on any atom is 0.348 e. The number of para-hydroxylation sites is 1. The van der Waals surface area contributed by atoms with Crippen LogP contribution in [0.4, 0.5) is 5.69 Å². The van der Waals surface area contributed by atoms with E-state index in [4.69, 9.17) is 14.2 Å². The summed E-state index contributed by atoms with van der Waals surface area (Å²) in [5, 5.41) is 0. The van der Waals surface area contributed by atoms with Crippen molar-refractivity contribution in [2.24, 2.45) is 5.41 Å². The van der Waals surface area contributed by atoms with Gasteiger partial charge in [-0.15, -0.1) is 0 Å². The number of fused-ring (bicyclic) bond motifs is 3. The first-order chi connectivity index (χ1) is 15.8. The molecule has 4 fully saturated rings. The van der Waals surface area contributed by atoms with Gasteiger partial charge in [0.25, 0.3) is 0 Å².